The molecule has 1 N–H and O–H groups in total. The minimum Gasteiger partial charge on any atom is -0.494 e. The molecule has 1 fully saturated rings. The average molecular weight is 391 g/mol. The molecule has 1 aliphatic rings. The Morgan fingerprint density at radius 3 is 2.70 bits per heavy atom. The van der Waals surface area contributed by atoms with Gasteiger partial charge in [0.05, 0.1) is 17.2 Å². The number of ether oxygens (including phenoxy) is 1. The van der Waals surface area contributed by atoms with Gasteiger partial charge < -0.3 is 15.0 Å². The van der Waals surface area contributed by atoms with Gasteiger partial charge in [-0.15, -0.1) is 0 Å². The van der Waals surface area contributed by atoms with Crippen molar-refractivity contribution < 1.29 is 18.7 Å². The molecule has 0 bridgehead atoms. The minimum atomic E-state index is -0.668. The monoisotopic (exact) mass is 390 g/mol. The fourth-order valence-corrected chi connectivity index (χ4v) is 3.35. The van der Waals surface area contributed by atoms with E-state index in [2.05, 4.69) is 5.32 Å². The Labute approximate surface area is 162 Å². The summed E-state index contributed by atoms with van der Waals surface area (Å²) >= 11 is 5.91. The van der Waals surface area contributed by atoms with Gasteiger partial charge in [-0.2, -0.15) is 0 Å². The molecule has 0 spiro atoms. The second-order valence-electron chi connectivity index (χ2n) is 6.31. The number of nitrogens with one attached hydrogen (secondary N) is 1. The van der Waals surface area contributed by atoms with Gasteiger partial charge >= 0.3 is 0 Å². The Morgan fingerprint density at radius 2 is 2.04 bits per heavy atom. The van der Waals surface area contributed by atoms with Gasteiger partial charge in [-0.3, -0.25) is 9.59 Å². The Morgan fingerprint density at radius 1 is 1.30 bits per heavy atom. The van der Waals surface area contributed by atoms with Crippen molar-refractivity contribution in [2.75, 3.05) is 24.6 Å². The van der Waals surface area contributed by atoms with Crippen LogP contribution in [0.2, 0.25) is 5.02 Å². The number of amides is 2. The standard InChI is InChI=1S/C20H20ClFN2O3/c1-2-27-15-8-6-14(7-9-15)24-12-13(10-18(24)25)11-23-20(26)19-16(21)4-3-5-17(19)22/h3-9,13H,2,10-12H2,1H3,(H,23,26). The zero-order valence-corrected chi connectivity index (χ0v) is 15.6. The van der Waals surface area contributed by atoms with Gasteiger partial charge in [-0.1, -0.05) is 17.7 Å². The first kappa shape index (κ1) is 19.2. The normalized spacial score (nSPS) is 16.5. The molecule has 142 valence electrons. The van der Waals surface area contributed by atoms with Crippen LogP contribution >= 0.6 is 11.6 Å². The zero-order chi connectivity index (χ0) is 19.4. The third kappa shape index (κ3) is 4.39. The number of nitrogens with zero attached hydrogens (tertiary/aromatic N) is 1. The summed E-state index contributed by atoms with van der Waals surface area (Å²) < 4.78 is 19.2. The molecule has 1 aliphatic heterocycles. The SMILES string of the molecule is CCOc1ccc(N2CC(CNC(=O)c3c(F)cccc3Cl)CC2=O)cc1. The van der Waals surface area contributed by atoms with Crippen LogP contribution in [0, 0.1) is 11.7 Å². The maximum atomic E-state index is 13.8. The lowest BCUT2D eigenvalue weighted by molar-refractivity contribution is -0.117. The molecule has 1 heterocycles. The van der Waals surface area contributed by atoms with Crippen LogP contribution in [0.5, 0.6) is 5.75 Å². The molecule has 1 saturated heterocycles. The molecule has 27 heavy (non-hydrogen) atoms. The lowest BCUT2D eigenvalue weighted by Gasteiger charge is -2.17. The highest BCUT2D eigenvalue weighted by Crippen LogP contribution is 2.27. The Bertz CT molecular complexity index is 821. The van der Waals surface area contributed by atoms with Crippen LogP contribution in [-0.4, -0.2) is 31.5 Å². The Kier molecular flexibility index (Phi) is 5.96. The zero-order valence-electron chi connectivity index (χ0n) is 14.9. The van der Waals surface area contributed by atoms with Crippen molar-refractivity contribution in [3.63, 3.8) is 0 Å². The van der Waals surface area contributed by atoms with E-state index in [1.165, 1.54) is 18.2 Å². The predicted octanol–water partition coefficient (Wildman–Crippen LogP) is 3.66. The van der Waals surface area contributed by atoms with E-state index in [1.807, 2.05) is 31.2 Å². The van der Waals surface area contributed by atoms with Crippen molar-refractivity contribution in [3.05, 3.63) is 58.9 Å². The smallest absolute Gasteiger partial charge is 0.255 e. The molecule has 3 rings (SSSR count). The number of benzene rings is 2. The van der Waals surface area contributed by atoms with Gasteiger partial charge in [0.1, 0.15) is 11.6 Å². The summed E-state index contributed by atoms with van der Waals surface area (Å²) in [5.74, 6) is -0.567. The quantitative estimate of drug-likeness (QED) is 0.818. The van der Waals surface area contributed by atoms with E-state index in [4.69, 9.17) is 16.3 Å². The van der Waals surface area contributed by atoms with Gasteiger partial charge in [0.25, 0.3) is 5.91 Å². The van der Waals surface area contributed by atoms with E-state index in [1.54, 1.807) is 4.90 Å². The summed E-state index contributed by atoms with van der Waals surface area (Å²) in [5, 5.41) is 2.74. The molecular formula is C20H20ClFN2O3. The van der Waals surface area contributed by atoms with Crippen molar-refractivity contribution in [2.45, 2.75) is 13.3 Å². The van der Waals surface area contributed by atoms with Gasteiger partial charge in [-0.05, 0) is 43.3 Å². The fourth-order valence-electron chi connectivity index (χ4n) is 3.10. The maximum Gasteiger partial charge on any atom is 0.255 e. The van der Waals surface area contributed by atoms with Crippen molar-refractivity contribution in [1.29, 1.82) is 0 Å². The molecule has 1 atom stereocenters. The van der Waals surface area contributed by atoms with Crippen molar-refractivity contribution in [1.82, 2.24) is 5.32 Å². The Balaban J connectivity index is 1.60. The number of anilines is 1. The lowest BCUT2D eigenvalue weighted by atomic mass is 10.1. The summed E-state index contributed by atoms with van der Waals surface area (Å²) in [6, 6.07) is 11.4. The van der Waals surface area contributed by atoms with Crippen LogP contribution in [0.4, 0.5) is 10.1 Å². The number of halogens is 2. The van der Waals surface area contributed by atoms with Crippen molar-refractivity contribution in [2.24, 2.45) is 5.92 Å². The molecule has 2 amide bonds. The number of hydrogen-bond donors (Lipinski definition) is 1. The van der Waals surface area contributed by atoms with E-state index in [0.717, 1.165) is 11.4 Å². The second-order valence-corrected chi connectivity index (χ2v) is 6.72. The number of carbonyl (C=O) groups excluding carboxylic acids is 2. The first-order valence-corrected chi connectivity index (χ1v) is 9.12. The van der Waals surface area contributed by atoms with E-state index in [9.17, 15) is 14.0 Å². The minimum absolute atomic E-state index is 0.0117. The maximum absolute atomic E-state index is 13.8. The van der Waals surface area contributed by atoms with Gasteiger partial charge in [-0.25, -0.2) is 4.39 Å². The summed E-state index contributed by atoms with van der Waals surface area (Å²) in [5.41, 5.74) is 0.612. The molecule has 0 radical (unpaired) electrons. The van der Waals surface area contributed by atoms with Gasteiger partial charge in [0.15, 0.2) is 0 Å². The third-order valence-electron chi connectivity index (χ3n) is 4.41. The Hall–Kier alpha value is -2.60. The fraction of sp³-hybridized carbons (Fsp3) is 0.300. The average Bonchev–Trinajstić information content (AvgIpc) is 3.01. The summed E-state index contributed by atoms with van der Waals surface area (Å²) in [6.45, 7) is 3.24. The summed E-state index contributed by atoms with van der Waals surface area (Å²) in [6.07, 6.45) is 0.318. The highest BCUT2D eigenvalue weighted by atomic mass is 35.5. The van der Waals surface area contributed by atoms with Crippen LogP contribution in [-0.2, 0) is 4.79 Å². The molecule has 1 unspecified atom stereocenters. The van der Waals surface area contributed by atoms with Crippen LogP contribution in [0.15, 0.2) is 42.5 Å². The van der Waals surface area contributed by atoms with Crippen LogP contribution < -0.4 is 15.0 Å². The first-order chi connectivity index (χ1) is 13.0. The van der Waals surface area contributed by atoms with Crippen molar-refractivity contribution >= 4 is 29.1 Å². The third-order valence-corrected chi connectivity index (χ3v) is 4.72. The molecular weight excluding hydrogens is 371 g/mol. The molecule has 0 saturated carbocycles. The van der Waals surface area contributed by atoms with E-state index in [-0.39, 0.29) is 29.0 Å². The summed E-state index contributed by atoms with van der Waals surface area (Å²) in [7, 11) is 0. The number of carbonyl (C=O) groups is 2. The molecule has 0 aliphatic carbocycles. The highest BCUT2D eigenvalue weighted by molar-refractivity contribution is 6.33. The summed E-state index contributed by atoms with van der Waals surface area (Å²) in [4.78, 5) is 26.2. The first-order valence-electron chi connectivity index (χ1n) is 8.75. The van der Waals surface area contributed by atoms with Gasteiger partial charge in [0, 0.05) is 31.1 Å². The predicted molar refractivity (Wildman–Crippen MR) is 102 cm³/mol. The highest BCUT2D eigenvalue weighted by Gasteiger charge is 2.31. The van der Waals surface area contributed by atoms with Crippen LogP contribution in [0.25, 0.3) is 0 Å². The molecule has 2 aromatic carbocycles. The number of rotatable bonds is 6. The van der Waals surface area contributed by atoms with E-state index >= 15 is 0 Å². The molecule has 0 aromatic heterocycles. The lowest BCUT2D eigenvalue weighted by Crippen LogP contribution is -2.31. The topological polar surface area (TPSA) is 58.6 Å². The van der Waals surface area contributed by atoms with E-state index in [0.29, 0.717) is 19.6 Å². The largest absolute Gasteiger partial charge is 0.494 e. The molecule has 5 nitrogen and oxygen atoms in total. The second kappa shape index (κ2) is 8.39. The number of hydrogen-bond acceptors (Lipinski definition) is 3. The van der Waals surface area contributed by atoms with Gasteiger partial charge in [0.2, 0.25) is 5.91 Å². The van der Waals surface area contributed by atoms with Crippen LogP contribution in [0.1, 0.15) is 23.7 Å². The van der Waals surface area contributed by atoms with E-state index < -0.39 is 11.7 Å². The molecule has 2 aromatic rings. The molecule has 7 heteroatoms. The van der Waals surface area contributed by atoms with Crippen molar-refractivity contribution in [3.8, 4) is 5.75 Å². The van der Waals surface area contributed by atoms with Crippen LogP contribution in [0.3, 0.4) is 0 Å².